The molecule has 1 aromatic heterocycles. The Kier molecular flexibility index (Phi) is 4.17. The molecule has 0 fully saturated rings. The number of rotatable bonds is 3. The average molecular weight is 371 g/mol. The Morgan fingerprint density at radius 3 is 2.56 bits per heavy atom. The maximum atomic E-state index is 13.0. The van der Waals surface area contributed by atoms with E-state index in [1.54, 1.807) is 33.2 Å². The van der Waals surface area contributed by atoms with Crippen molar-refractivity contribution in [3.8, 4) is 5.75 Å². The van der Waals surface area contributed by atoms with Gasteiger partial charge in [-0.15, -0.1) is 0 Å². The summed E-state index contributed by atoms with van der Waals surface area (Å²) in [5, 5.41) is 6.59. The van der Waals surface area contributed by atoms with Gasteiger partial charge >= 0.3 is 0 Å². The molecule has 0 bridgehead atoms. The summed E-state index contributed by atoms with van der Waals surface area (Å²) in [4.78, 5) is 38.9. The van der Waals surface area contributed by atoms with Crippen LogP contribution < -0.4 is 20.7 Å². The normalized spacial score (nSPS) is 18.7. The van der Waals surface area contributed by atoms with Gasteiger partial charge in [0, 0.05) is 14.1 Å². The number of hydrogen-bond acceptors (Lipinski definition) is 5. The molecule has 3 rings (SSSR count). The summed E-state index contributed by atoms with van der Waals surface area (Å²) >= 11 is 0. The number of anilines is 2. The van der Waals surface area contributed by atoms with Crippen LogP contribution in [0.5, 0.6) is 5.75 Å². The number of hydrogen-bond donors (Lipinski definition) is 2. The van der Waals surface area contributed by atoms with Crippen LogP contribution in [0.15, 0.2) is 18.2 Å². The lowest BCUT2D eigenvalue weighted by Crippen LogP contribution is -2.59. The highest BCUT2D eigenvalue weighted by Gasteiger charge is 2.50. The molecule has 9 nitrogen and oxygen atoms in total. The number of nitrogens with one attached hydrogen (secondary N) is 1. The minimum atomic E-state index is -1.81. The van der Waals surface area contributed by atoms with Gasteiger partial charge in [0.05, 0.1) is 17.1 Å². The first-order valence-electron chi connectivity index (χ1n) is 8.29. The quantitative estimate of drug-likeness (QED) is 0.777. The summed E-state index contributed by atoms with van der Waals surface area (Å²) in [6, 6.07) is 5.35. The summed E-state index contributed by atoms with van der Waals surface area (Å²) < 4.78 is 7.21. The third kappa shape index (κ3) is 2.80. The third-order valence-electron chi connectivity index (χ3n) is 4.74. The number of nitrogens with two attached hydrogens (primary N) is 1. The second-order valence-electron chi connectivity index (χ2n) is 6.72. The van der Waals surface area contributed by atoms with Gasteiger partial charge in [-0.2, -0.15) is 5.10 Å². The molecule has 27 heavy (non-hydrogen) atoms. The molecule has 1 aliphatic heterocycles. The van der Waals surface area contributed by atoms with Crippen LogP contribution >= 0.6 is 0 Å². The van der Waals surface area contributed by atoms with Crippen molar-refractivity contribution in [2.24, 2.45) is 12.8 Å². The highest BCUT2D eigenvalue weighted by atomic mass is 16.5. The number of amides is 3. The number of primary amides is 1. The maximum absolute atomic E-state index is 13.0. The van der Waals surface area contributed by atoms with E-state index in [2.05, 4.69) is 10.4 Å². The predicted octanol–water partition coefficient (Wildman–Crippen LogP) is 0.888. The Bertz CT molecular complexity index is 980. The molecule has 0 spiro atoms. The first-order chi connectivity index (χ1) is 12.6. The van der Waals surface area contributed by atoms with Crippen LogP contribution in [0, 0.1) is 13.8 Å². The van der Waals surface area contributed by atoms with Crippen LogP contribution in [-0.2, 0) is 16.6 Å². The molecule has 1 aromatic carbocycles. The SMILES string of the molecule is Cc1ccc2c(c1)N(C)C(=O)C(C)(C(=O)Nc1c(C(N)=O)nn(C)c1C)O2. The van der Waals surface area contributed by atoms with Crippen LogP contribution in [-0.4, -0.2) is 40.2 Å². The molecule has 0 radical (unpaired) electrons. The summed E-state index contributed by atoms with van der Waals surface area (Å²) in [7, 11) is 3.20. The molecule has 2 aromatic rings. The molecule has 9 heteroatoms. The zero-order chi connectivity index (χ0) is 20.1. The van der Waals surface area contributed by atoms with Crippen molar-refractivity contribution >= 4 is 29.1 Å². The van der Waals surface area contributed by atoms with Crippen molar-refractivity contribution in [3.63, 3.8) is 0 Å². The largest absolute Gasteiger partial charge is 0.465 e. The summed E-state index contributed by atoms with van der Waals surface area (Å²) in [5.74, 6) is -1.61. The molecule has 1 aliphatic rings. The van der Waals surface area contributed by atoms with Gasteiger partial charge in [0.1, 0.15) is 5.75 Å². The monoisotopic (exact) mass is 371 g/mol. The van der Waals surface area contributed by atoms with Crippen LogP contribution in [0.25, 0.3) is 0 Å². The van der Waals surface area contributed by atoms with E-state index in [4.69, 9.17) is 10.5 Å². The van der Waals surface area contributed by atoms with Crippen molar-refractivity contribution in [1.29, 1.82) is 0 Å². The predicted molar refractivity (Wildman–Crippen MR) is 98.7 cm³/mol. The van der Waals surface area contributed by atoms with Gasteiger partial charge in [-0.1, -0.05) is 6.07 Å². The van der Waals surface area contributed by atoms with Gasteiger partial charge in [-0.05, 0) is 38.5 Å². The minimum absolute atomic E-state index is 0.0837. The second-order valence-corrected chi connectivity index (χ2v) is 6.72. The molecule has 1 unspecified atom stereocenters. The molecular weight excluding hydrogens is 350 g/mol. The van der Waals surface area contributed by atoms with E-state index in [1.807, 2.05) is 13.0 Å². The van der Waals surface area contributed by atoms with E-state index in [1.165, 1.54) is 16.5 Å². The van der Waals surface area contributed by atoms with Crippen molar-refractivity contribution in [1.82, 2.24) is 9.78 Å². The van der Waals surface area contributed by atoms with E-state index in [9.17, 15) is 14.4 Å². The number of likely N-dealkylation sites (N-methyl/N-ethyl adjacent to an activating group) is 1. The Labute approximate surface area is 156 Å². The molecule has 1 atom stereocenters. The Hall–Kier alpha value is -3.36. The molecule has 2 heterocycles. The number of fused-ring (bicyclic) bond motifs is 1. The van der Waals surface area contributed by atoms with Crippen LogP contribution in [0.4, 0.5) is 11.4 Å². The van der Waals surface area contributed by atoms with Crippen molar-refractivity contribution in [3.05, 3.63) is 35.2 Å². The van der Waals surface area contributed by atoms with Gasteiger partial charge in [-0.3, -0.25) is 19.1 Å². The van der Waals surface area contributed by atoms with E-state index in [-0.39, 0.29) is 11.4 Å². The number of carbonyl (C=O) groups excluding carboxylic acids is 3. The molecule has 3 N–H and O–H groups in total. The number of benzene rings is 1. The van der Waals surface area contributed by atoms with Gasteiger partial charge in [0.15, 0.2) is 5.69 Å². The zero-order valence-corrected chi connectivity index (χ0v) is 15.8. The van der Waals surface area contributed by atoms with Crippen molar-refractivity contribution < 1.29 is 19.1 Å². The maximum Gasteiger partial charge on any atom is 0.280 e. The lowest BCUT2D eigenvalue weighted by molar-refractivity contribution is -0.144. The van der Waals surface area contributed by atoms with Gasteiger partial charge in [0.2, 0.25) is 0 Å². The Balaban J connectivity index is 1.99. The van der Waals surface area contributed by atoms with E-state index in [0.29, 0.717) is 17.1 Å². The van der Waals surface area contributed by atoms with E-state index >= 15 is 0 Å². The third-order valence-corrected chi connectivity index (χ3v) is 4.74. The topological polar surface area (TPSA) is 120 Å². The smallest absolute Gasteiger partial charge is 0.280 e. The fourth-order valence-electron chi connectivity index (χ4n) is 2.98. The summed E-state index contributed by atoms with van der Waals surface area (Å²) in [6.45, 7) is 4.96. The molecule has 142 valence electrons. The minimum Gasteiger partial charge on any atom is -0.465 e. The van der Waals surface area contributed by atoms with Gasteiger partial charge in [-0.25, -0.2) is 0 Å². The lowest BCUT2D eigenvalue weighted by atomic mass is 9.99. The summed E-state index contributed by atoms with van der Waals surface area (Å²) in [6.07, 6.45) is 0. The Morgan fingerprint density at radius 1 is 1.26 bits per heavy atom. The van der Waals surface area contributed by atoms with Crippen LogP contribution in [0.3, 0.4) is 0 Å². The standard InChI is InChI=1S/C18H21N5O4/c1-9-6-7-12-11(8-9)22(4)17(26)18(3,27-12)16(25)20-13-10(2)23(5)21-14(13)15(19)24/h6-8H,1-5H3,(H2,19,24)(H,20,25). The fourth-order valence-corrected chi connectivity index (χ4v) is 2.98. The highest BCUT2D eigenvalue weighted by Crippen LogP contribution is 2.38. The molecule has 3 amide bonds. The van der Waals surface area contributed by atoms with E-state index in [0.717, 1.165) is 5.56 Å². The number of carbonyl (C=O) groups is 3. The molecule has 0 aliphatic carbocycles. The Morgan fingerprint density at radius 2 is 1.93 bits per heavy atom. The number of ether oxygens (including phenoxy) is 1. The first-order valence-corrected chi connectivity index (χ1v) is 8.29. The van der Waals surface area contributed by atoms with E-state index < -0.39 is 23.3 Å². The van der Waals surface area contributed by atoms with Crippen molar-refractivity contribution in [2.45, 2.75) is 26.4 Å². The summed E-state index contributed by atoms with van der Waals surface area (Å²) in [5.41, 5.74) is 5.67. The van der Waals surface area contributed by atoms with Crippen LogP contribution in [0.1, 0.15) is 28.7 Å². The number of aromatic nitrogens is 2. The fraction of sp³-hybridized carbons (Fsp3) is 0.333. The molecule has 0 saturated carbocycles. The highest BCUT2D eigenvalue weighted by molar-refractivity contribution is 6.20. The zero-order valence-electron chi connectivity index (χ0n) is 15.8. The number of nitrogens with zero attached hydrogens (tertiary/aromatic N) is 3. The van der Waals surface area contributed by atoms with Gasteiger partial charge < -0.3 is 20.7 Å². The average Bonchev–Trinajstić information content (AvgIpc) is 2.89. The van der Waals surface area contributed by atoms with Crippen molar-refractivity contribution in [2.75, 3.05) is 17.3 Å². The van der Waals surface area contributed by atoms with Crippen LogP contribution in [0.2, 0.25) is 0 Å². The second kappa shape index (κ2) is 6.11. The molecule has 0 saturated heterocycles. The number of aryl methyl sites for hydroxylation is 2. The van der Waals surface area contributed by atoms with Gasteiger partial charge in [0.25, 0.3) is 23.3 Å². The first kappa shape index (κ1) is 18.4. The lowest BCUT2D eigenvalue weighted by Gasteiger charge is -2.38. The molecular formula is C18H21N5O4.